The lowest BCUT2D eigenvalue weighted by Gasteiger charge is -2.07. The number of carbonyl (C=O) groups is 1. The first-order chi connectivity index (χ1) is 12.5. The van der Waals surface area contributed by atoms with Crippen LogP contribution < -0.4 is 0 Å². The fraction of sp³-hybridized carbons (Fsp3) is 0.105. The first kappa shape index (κ1) is 16.4. The second-order valence-corrected chi connectivity index (χ2v) is 6.88. The van der Waals surface area contributed by atoms with E-state index in [2.05, 4.69) is 10.2 Å². The van der Waals surface area contributed by atoms with Crippen LogP contribution in [0.5, 0.6) is 11.5 Å². The standard InChI is InChI=1S/C19H15N3O3S/c1-11-8-18-20-21-19(22(18)14-5-3-2-4-13(11)14)26-10-17(25)12-6-7-15(23)16(24)9-12/h2-9,23-24H,10H2,1H3. The topological polar surface area (TPSA) is 87.7 Å². The number of para-hydroxylation sites is 1. The third kappa shape index (κ3) is 2.76. The van der Waals surface area contributed by atoms with Crippen molar-refractivity contribution < 1.29 is 15.0 Å². The first-order valence-electron chi connectivity index (χ1n) is 7.96. The quantitative estimate of drug-likeness (QED) is 0.326. The minimum Gasteiger partial charge on any atom is -0.504 e. The number of benzene rings is 2. The molecule has 0 saturated heterocycles. The molecule has 6 nitrogen and oxygen atoms in total. The van der Waals surface area contributed by atoms with E-state index in [-0.39, 0.29) is 23.0 Å². The van der Waals surface area contributed by atoms with Crippen LogP contribution in [0.4, 0.5) is 0 Å². The highest BCUT2D eigenvalue weighted by molar-refractivity contribution is 7.99. The minimum absolute atomic E-state index is 0.146. The van der Waals surface area contributed by atoms with Gasteiger partial charge in [0.25, 0.3) is 0 Å². The molecule has 0 aliphatic carbocycles. The van der Waals surface area contributed by atoms with E-state index < -0.39 is 0 Å². The molecular formula is C19H15N3O3S. The van der Waals surface area contributed by atoms with Crippen LogP contribution in [0.15, 0.2) is 53.7 Å². The highest BCUT2D eigenvalue weighted by atomic mass is 32.2. The van der Waals surface area contributed by atoms with E-state index in [0.29, 0.717) is 10.7 Å². The van der Waals surface area contributed by atoms with Crippen LogP contribution in [-0.4, -0.2) is 36.3 Å². The largest absolute Gasteiger partial charge is 0.504 e. The van der Waals surface area contributed by atoms with Crippen molar-refractivity contribution in [2.45, 2.75) is 12.1 Å². The number of aryl methyl sites for hydroxylation is 1. The Morgan fingerprint density at radius 2 is 1.88 bits per heavy atom. The summed E-state index contributed by atoms with van der Waals surface area (Å²) in [6.45, 7) is 2.03. The highest BCUT2D eigenvalue weighted by Crippen LogP contribution is 2.28. The summed E-state index contributed by atoms with van der Waals surface area (Å²) in [6, 6.07) is 14.0. The van der Waals surface area contributed by atoms with Gasteiger partial charge in [0.2, 0.25) is 0 Å². The van der Waals surface area contributed by atoms with Crippen molar-refractivity contribution in [3.05, 3.63) is 59.7 Å². The number of pyridine rings is 1. The summed E-state index contributed by atoms with van der Waals surface area (Å²) in [4.78, 5) is 12.4. The number of Topliss-reactive ketones (excluding diaryl/α,β-unsaturated/α-hetero) is 1. The number of hydrogen-bond donors (Lipinski definition) is 2. The Hall–Kier alpha value is -3.06. The van der Waals surface area contributed by atoms with Crippen molar-refractivity contribution in [3.63, 3.8) is 0 Å². The van der Waals surface area contributed by atoms with Crippen molar-refractivity contribution >= 4 is 34.1 Å². The second-order valence-electron chi connectivity index (χ2n) is 5.94. The van der Waals surface area contributed by atoms with Crippen LogP contribution in [-0.2, 0) is 0 Å². The molecule has 7 heteroatoms. The summed E-state index contributed by atoms with van der Waals surface area (Å²) in [5, 5.41) is 29.1. The van der Waals surface area contributed by atoms with Gasteiger partial charge in [-0.1, -0.05) is 30.0 Å². The zero-order valence-electron chi connectivity index (χ0n) is 13.9. The van der Waals surface area contributed by atoms with Gasteiger partial charge in [-0.2, -0.15) is 0 Å². The molecule has 0 aliphatic rings. The first-order valence-corrected chi connectivity index (χ1v) is 8.94. The van der Waals surface area contributed by atoms with Crippen LogP contribution in [0.1, 0.15) is 15.9 Å². The van der Waals surface area contributed by atoms with Gasteiger partial charge in [0, 0.05) is 10.9 Å². The molecule has 0 aliphatic heterocycles. The summed E-state index contributed by atoms with van der Waals surface area (Å²) in [7, 11) is 0. The number of fused-ring (bicyclic) bond motifs is 3. The van der Waals surface area contributed by atoms with Gasteiger partial charge in [-0.3, -0.25) is 9.20 Å². The Labute approximate surface area is 153 Å². The molecule has 0 atom stereocenters. The number of nitrogens with zero attached hydrogens (tertiary/aromatic N) is 3. The van der Waals surface area contributed by atoms with Gasteiger partial charge in [0.15, 0.2) is 28.1 Å². The third-order valence-corrected chi connectivity index (χ3v) is 5.13. The molecule has 0 spiro atoms. The summed E-state index contributed by atoms with van der Waals surface area (Å²) < 4.78 is 1.94. The monoisotopic (exact) mass is 365 g/mol. The number of aromatic nitrogens is 3. The Bertz CT molecular complexity index is 1150. The molecule has 2 N–H and O–H groups in total. The molecule has 0 bridgehead atoms. The predicted octanol–water partition coefficient (Wildman–Crippen LogP) is 3.58. The maximum absolute atomic E-state index is 12.4. The molecule has 0 radical (unpaired) electrons. The zero-order chi connectivity index (χ0) is 18.3. The predicted molar refractivity (Wildman–Crippen MR) is 100 cm³/mol. The van der Waals surface area contributed by atoms with E-state index in [4.69, 9.17) is 0 Å². The molecule has 4 rings (SSSR count). The average Bonchev–Trinajstić information content (AvgIpc) is 3.05. The average molecular weight is 365 g/mol. The Morgan fingerprint density at radius 1 is 1.08 bits per heavy atom. The van der Waals surface area contributed by atoms with Crippen LogP contribution in [0.2, 0.25) is 0 Å². The molecule has 4 aromatic rings. The van der Waals surface area contributed by atoms with Crippen molar-refractivity contribution in [1.29, 1.82) is 0 Å². The molecular weight excluding hydrogens is 350 g/mol. The van der Waals surface area contributed by atoms with Gasteiger partial charge in [0.05, 0.1) is 11.3 Å². The molecule has 0 fully saturated rings. The molecule has 2 aromatic heterocycles. The van der Waals surface area contributed by atoms with Gasteiger partial charge in [-0.15, -0.1) is 10.2 Å². The molecule has 2 aromatic carbocycles. The minimum atomic E-state index is -0.310. The van der Waals surface area contributed by atoms with Gasteiger partial charge < -0.3 is 10.2 Å². The van der Waals surface area contributed by atoms with E-state index in [1.807, 2.05) is 41.7 Å². The number of rotatable bonds is 4. The summed E-state index contributed by atoms with van der Waals surface area (Å²) in [6.07, 6.45) is 0. The smallest absolute Gasteiger partial charge is 0.196 e. The number of hydrogen-bond acceptors (Lipinski definition) is 6. The lowest BCUT2D eigenvalue weighted by Crippen LogP contribution is -2.03. The van der Waals surface area contributed by atoms with Crippen LogP contribution in [0, 0.1) is 6.92 Å². The summed E-state index contributed by atoms with van der Waals surface area (Å²) >= 11 is 1.29. The summed E-state index contributed by atoms with van der Waals surface area (Å²) in [5.74, 6) is -0.582. The lowest BCUT2D eigenvalue weighted by molar-refractivity contribution is 0.102. The highest BCUT2D eigenvalue weighted by Gasteiger charge is 2.14. The summed E-state index contributed by atoms with van der Waals surface area (Å²) in [5.41, 5.74) is 3.18. The number of carbonyl (C=O) groups excluding carboxylic acids is 1. The van der Waals surface area contributed by atoms with E-state index >= 15 is 0 Å². The van der Waals surface area contributed by atoms with E-state index in [1.165, 1.54) is 30.0 Å². The number of phenols is 2. The SMILES string of the molecule is Cc1cc2nnc(SCC(=O)c3ccc(O)c(O)c3)n2c2ccccc12. The van der Waals surface area contributed by atoms with Crippen molar-refractivity contribution in [2.75, 3.05) is 5.75 Å². The number of ketones is 1. The molecule has 130 valence electrons. The molecule has 0 saturated carbocycles. The van der Waals surface area contributed by atoms with E-state index in [0.717, 1.165) is 22.1 Å². The molecule has 26 heavy (non-hydrogen) atoms. The van der Waals surface area contributed by atoms with Crippen LogP contribution in [0.3, 0.4) is 0 Å². The van der Waals surface area contributed by atoms with E-state index in [1.54, 1.807) is 0 Å². The van der Waals surface area contributed by atoms with Crippen molar-refractivity contribution in [3.8, 4) is 11.5 Å². The fourth-order valence-corrected chi connectivity index (χ4v) is 3.72. The Kier molecular flexibility index (Phi) is 4.00. The number of aromatic hydroxyl groups is 2. The zero-order valence-corrected chi connectivity index (χ0v) is 14.7. The number of phenolic OH excluding ortho intramolecular Hbond substituents is 2. The Morgan fingerprint density at radius 3 is 2.69 bits per heavy atom. The second kappa shape index (κ2) is 6.34. The Balaban J connectivity index is 1.66. The van der Waals surface area contributed by atoms with E-state index in [9.17, 15) is 15.0 Å². The van der Waals surface area contributed by atoms with Crippen LogP contribution in [0.25, 0.3) is 16.6 Å². The number of thioether (sulfide) groups is 1. The third-order valence-electron chi connectivity index (χ3n) is 4.20. The molecule has 0 unspecified atom stereocenters. The van der Waals surface area contributed by atoms with Gasteiger partial charge in [-0.05, 0) is 42.8 Å². The van der Waals surface area contributed by atoms with Crippen molar-refractivity contribution in [2.24, 2.45) is 0 Å². The van der Waals surface area contributed by atoms with Gasteiger partial charge in [-0.25, -0.2) is 0 Å². The normalized spacial score (nSPS) is 11.3. The van der Waals surface area contributed by atoms with Crippen LogP contribution >= 0.6 is 11.8 Å². The molecule has 2 heterocycles. The van der Waals surface area contributed by atoms with Gasteiger partial charge >= 0.3 is 0 Å². The molecule has 0 amide bonds. The van der Waals surface area contributed by atoms with Gasteiger partial charge in [0.1, 0.15) is 0 Å². The maximum atomic E-state index is 12.4. The lowest BCUT2D eigenvalue weighted by atomic mass is 10.1. The maximum Gasteiger partial charge on any atom is 0.196 e. The van der Waals surface area contributed by atoms with Crippen molar-refractivity contribution in [1.82, 2.24) is 14.6 Å². The fourth-order valence-electron chi connectivity index (χ4n) is 2.88.